The maximum Gasteiger partial charge on any atom is 0.0978 e. The van der Waals surface area contributed by atoms with Gasteiger partial charge in [-0.2, -0.15) is 0 Å². The Bertz CT molecular complexity index is 957. The molecule has 2 unspecified atom stereocenters. The van der Waals surface area contributed by atoms with E-state index in [4.69, 9.17) is 4.74 Å². The van der Waals surface area contributed by atoms with Crippen LogP contribution in [0.25, 0.3) is 0 Å². The van der Waals surface area contributed by atoms with Gasteiger partial charge >= 0.3 is 0 Å². The van der Waals surface area contributed by atoms with Gasteiger partial charge in [0, 0.05) is 12.0 Å². The van der Waals surface area contributed by atoms with Crippen LogP contribution in [0.3, 0.4) is 0 Å². The quantitative estimate of drug-likeness (QED) is 0.553. The monoisotopic (exact) mass is 479 g/mol. The highest BCUT2D eigenvalue weighted by molar-refractivity contribution is 5.34. The summed E-state index contributed by atoms with van der Waals surface area (Å²) in [5, 5.41) is 24.5. The van der Waals surface area contributed by atoms with E-state index in [1.54, 1.807) is 5.57 Å². The Morgan fingerprint density at radius 2 is 1.69 bits per heavy atom. The van der Waals surface area contributed by atoms with E-state index in [9.17, 15) is 10.2 Å². The number of ether oxygens (including phenoxy) is 1. The fraction of sp³-hybridized carbons (Fsp3) is 0.742. The van der Waals surface area contributed by atoms with Gasteiger partial charge in [-0.15, -0.1) is 0 Å². The molecule has 3 saturated carbocycles. The topological polar surface area (TPSA) is 52.9 Å². The van der Waals surface area contributed by atoms with Crippen molar-refractivity contribution in [2.45, 2.75) is 95.4 Å². The van der Waals surface area contributed by atoms with Crippen molar-refractivity contribution in [2.75, 3.05) is 26.2 Å². The number of nitrogens with zero attached hydrogens (tertiary/aromatic N) is 1. The van der Waals surface area contributed by atoms with Crippen LogP contribution in [0.5, 0.6) is 0 Å². The smallest absolute Gasteiger partial charge is 0.0978 e. The predicted octanol–water partition coefficient (Wildman–Crippen LogP) is 5.43. The highest BCUT2D eigenvalue weighted by atomic mass is 16.5. The van der Waals surface area contributed by atoms with Gasteiger partial charge in [0.25, 0.3) is 0 Å². The molecule has 1 aromatic carbocycles. The van der Waals surface area contributed by atoms with Crippen molar-refractivity contribution < 1.29 is 14.9 Å². The summed E-state index contributed by atoms with van der Waals surface area (Å²) in [6.07, 6.45) is 13.1. The van der Waals surface area contributed by atoms with Crippen LogP contribution < -0.4 is 0 Å². The summed E-state index contributed by atoms with van der Waals surface area (Å²) < 4.78 is 6.36. The molecule has 6 rings (SSSR count). The standard InChI is InChI=1S/C31H45NO3/c1-28-14-12-25(35-21-20-32-18-6-7-19-32)22-24(28)10-11-27-26(28)13-15-29(2)30(33,16-17-31(27,29)34)23-8-4-3-5-9-23/h3-5,8-9,22,25-27,33-34H,6-7,10-21H2,1-2H3/t25?,26-,27-,28+,29-,30?,31-/m1/s1. The number of hydrogen-bond donors (Lipinski definition) is 2. The van der Waals surface area contributed by atoms with Gasteiger partial charge in [-0.25, -0.2) is 0 Å². The van der Waals surface area contributed by atoms with Crippen LogP contribution in [0.1, 0.15) is 83.6 Å². The second-order valence-electron chi connectivity index (χ2n) is 12.9. The van der Waals surface area contributed by atoms with Crippen molar-refractivity contribution in [2.24, 2.45) is 22.7 Å². The van der Waals surface area contributed by atoms with Crippen LogP contribution in [0, 0.1) is 22.7 Å². The van der Waals surface area contributed by atoms with Crippen molar-refractivity contribution in [3.8, 4) is 0 Å². The molecular weight excluding hydrogens is 434 g/mol. The van der Waals surface area contributed by atoms with E-state index in [0.29, 0.717) is 18.8 Å². The van der Waals surface area contributed by atoms with E-state index in [2.05, 4.69) is 37.0 Å². The van der Waals surface area contributed by atoms with Gasteiger partial charge in [0.2, 0.25) is 0 Å². The SMILES string of the molecule is C[C@]12CCC(OCCN3CCCC3)C=C1CC[C@@H]1[C@H]2CC[C@]2(C)C(O)(c3ccccc3)CC[C@@]12O. The summed E-state index contributed by atoms with van der Waals surface area (Å²) in [6, 6.07) is 10.2. The van der Waals surface area contributed by atoms with Crippen LogP contribution >= 0.6 is 0 Å². The molecule has 7 atom stereocenters. The molecule has 4 heteroatoms. The number of fused-ring (bicyclic) bond motifs is 5. The van der Waals surface area contributed by atoms with Crippen LogP contribution in [-0.4, -0.2) is 53.1 Å². The molecule has 1 aromatic rings. The lowest BCUT2D eigenvalue weighted by Gasteiger charge is -2.62. The van der Waals surface area contributed by atoms with Gasteiger partial charge in [-0.05, 0) is 100 Å². The van der Waals surface area contributed by atoms with Crippen LogP contribution in [0.2, 0.25) is 0 Å². The lowest BCUT2D eigenvalue weighted by Crippen LogP contribution is -2.63. The first kappa shape index (κ1) is 24.2. The molecule has 2 N–H and O–H groups in total. The highest BCUT2D eigenvalue weighted by Crippen LogP contribution is 2.71. The van der Waals surface area contributed by atoms with Crippen LogP contribution in [0.15, 0.2) is 42.0 Å². The van der Waals surface area contributed by atoms with Crippen molar-refractivity contribution in [3.63, 3.8) is 0 Å². The number of rotatable bonds is 5. The molecule has 0 bridgehead atoms. The van der Waals surface area contributed by atoms with Crippen molar-refractivity contribution >= 4 is 0 Å². The lowest BCUT2D eigenvalue weighted by molar-refractivity contribution is -0.222. The molecule has 4 aliphatic carbocycles. The number of allylic oxidation sites excluding steroid dienone is 1. The number of likely N-dealkylation sites (tertiary alicyclic amines) is 1. The highest BCUT2D eigenvalue weighted by Gasteiger charge is 2.71. The minimum atomic E-state index is -0.953. The molecular formula is C31H45NO3. The fourth-order valence-corrected chi connectivity index (χ4v) is 9.33. The maximum absolute atomic E-state index is 12.4. The van der Waals surface area contributed by atoms with Gasteiger partial charge in [-0.1, -0.05) is 55.8 Å². The Morgan fingerprint density at radius 3 is 2.46 bits per heavy atom. The molecule has 1 saturated heterocycles. The van der Waals surface area contributed by atoms with E-state index in [1.807, 2.05) is 18.2 Å². The summed E-state index contributed by atoms with van der Waals surface area (Å²) in [7, 11) is 0. The Hall–Kier alpha value is -1.20. The van der Waals surface area contributed by atoms with E-state index in [1.165, 1.54) is 25.9 Å². The van der Waals surface area contributed by atoms with Crippen molar-refractivity contribution in [1.29, 1.82) is 0 Å². The Balaban J connectivity index is 1.20. The van der Waals surface area contributed by atoms with Gasteiger partial charge < -0.3 is 19.8 Å². The third-order valence-electron chi connectivity index (χ3n) is 11.6. The summed E-state index contributed by atoms with van der Waals surface area (Å²) in [6.45, 7) is 9.03. The molecule has 1 aliphatic heterocycles. The molecule has 4 fully saturated rings. The minimum Gasteiger partial charge on any atom is -0.389 e. The van der Waals surface area contributed by atoms with E-state index in [-0.39, 0.29) is 17.4 Å². The Labute approximate surface area is 211 Å². The lowest BCUT2D eigenvalue weighted by atomic mass is 9.44. The van der Waals surface area contributed by atoms with Crippen LogP contribution in [0.4, 0.5) is 0 Å². The molecule has 192 valence electrons. The summed E-state index contributed by atoms with van der Waals surface area (Å²) in [5.74, 6) is 0.748. The Kier molecular flexibility index (Phi) is 5.99. The molecule has 0 radical (unpaired) electrons. The molecule has 0 spiro atoms. The van der Waals surface area contributed by atoms with E-state index >= 15 is 0 Å². The first-order valence-electron chi connectivity index (χ1n) is 14.4. The largest absolute Gasteiger partial charge is 0.389 e. The van der Waals surface area contributed by atoms with Crippen molar-refractivity contribution in [3.05, 3.63) is 47.5 Å². The first-order chi connectivity index (χ1) is 16.8. The van der Waals surface area contributed by atoms with Gasteiger partial charge in [0.1, 0.15) is 0 Å². The van der Waals surface area contributed by atoms with Gasteiger partial charge in [0.15, 0.2) is 0 Å². The zero-order valence-electron chi connectivity index (χ0n) is 21.8. The summed E-state index contributed by atoms with van der Waals surface area (Å²) in [4.78, 5) is 2.53. The second kappa shape index (κ2) is 8.68. The summed E-state index contributed by atoms with van der Waals surface area (Å²) >= 11 is 0. The van der Waals surface area contributed by atoms with E-state index in [0.717, 1.165) is 57.2 Å². The zero-order chi connectivity index (χ0) is 24.3. The molecule has 5 aliphatic rings. The Morgan fingerprint density at radius 1 is 0.914 bits per heavy atom. The number of benzene rings is 1. The molecule has 1 heterocycles. The van der Waals surface area contributed by atoms with Crippen LogP contribution in [-0.2, 0) is 10.3 Å². The minimum absolute atomic E-state index is 0.155. The molecule has 0 amide bonds. The normalized spacial score (nSPS) is 45.5. The maximum atomic E-state index is 12.4. The average Bonchev–Trinajstić information content (AvgIpc) is 3.46. The summed E-state index contributed by atoms with van der Waals surface area (Å²) in [5.41, 5.74) is 0.452. The fourth-order valence-electron chi connectivity index (χ4n) is 9.33. The third kappa shape index (κ3) is 3.54. The predicted molar refractivity (Wildman–Crippen MR) is 139 cm³/mol. The van der Waals surface area contributed by atoms with Gasteiger partial charge in [-0.3, -0.25) is 0 Å². The average molecular weight is 480 g/mol. The molecule has 4 nitrogen and oxygen atoms in total. The van der Waals surface area contributed by atoms with E-state index < -0.39 is 16.6 Å². The molecule has 0 aromatic heterocycles. The first-order valence-corrected chi connectivity index (χ1v) is 14.4. The van der Waals surface area contributed by atoms with Gasteiger partial charge in [0.05, 0.1) is 23.9 Å². The zero-order valence-corrected chi connectivity index (χ0v) is 21.8. The number of aliphatic hydroxyl groups is 2. The molecule has 35 heavy (non-hydrogen) atoms. The third-order valence-corrected chi connectivity index (χ3v) is 11.6. The van der Waals surface area contributed by atoms with Crippen molar-refractivity contribution in [1.82, 2.24) is 4.90 Å². The number of hydrogen-bond acceptors (Lipinski definition) is 4. The second-order valence-corrected chi connectivity index (χ2v) is 12.9.